The van der Waals surface area contributed by atoms with E-state index in [4.69, 9.17) is 0 Å². The van der Waals surface area contributed by atoms with Gasteiger partial charge in [0.05, 0.1) is 11.7 Å². The fraction of sp³-hybridized carbons (Fsp3) is 0.438. The molecule has 1 N–H and O–H groups in total. The standard InChI is InChI=1S/C16H21N3/c1-3-19-15(8-9-18-19)16(17-2)14-10-12-6-4-5-7-13(12)11-14/h4-9,14,16-17H,3,10-11H2,1-2H3. The molecule has 19 heavy (non-hydrogen) atoms. The highest BCUT2D eigenvalue weighted by atomic mass is 15.3. The molecule has 0 aliphatic heterocycles. The lowest BCUT2D eigenvalue weighted by atomic mass is 9.94. The molecule has 0 saturated heterocycles. The fourth-order valence-corrected chi connectivity index (χ4v) is 3.32. The minimum Gasteiger partial charge on any atom is -0.311 e. The van der Waals surface area contributed by atoms with E-state index in [1.807, 2.05) is 6.20 Å². The molecular weight excluding hydrogens is 234 g/mol. The van der Waals surface area contributed by atoms with Crippen LogP contribution in [0, 0.1) is 5.92 Å². The van der Waals surface area contributed by atoms with E-state index in [1.54, 1.807) is 0 Å². The fourth-order valence-electron chi connectivity index (χ4n) is 3.32. The summed E-state index contributed by atoms with van der Waals surface area (Å²) in [6, 6.07) is 11.3. The number of nitrogens with one attached hydrogen (secondary N) is 1. The average molecular weight is 255 g/mol. The highest BCUT2D eigenvalue weighted by Crippen LogP contribution is 2.34. The molecule has 0 saturated carbocycles. The third kappa shape index (κ3) is 2.19. The van der Waals surface area contributed by atoms with Gasteiger partial charge in [0.25, 0.3) is 0 Å². The van der Waals surface area contributed by atoms with Crippen molar-refractivity contribution in [3.05, 3.63) is 53.3 Å². The first-order valence-electron chi connectivity index (χ1n) is 7.09. The summed E-state index contributed by atoms with van der Waals surface area (Å²) in [5.74, 6) is 0.629. The van der Waals surface area contributed by atoms with E-state index in [9.17, 15) is 0 Å². The Labute approximate surface area is 114 Å². The van der Waals surface area contributed by atoms with Crippen molar-refractivity contribution in [1.82, 2.24) is 15.1 Å². The quantitative estimate of drug-likeness (QED) is 0.910. The first-order chi connectivity index (χ1) is 9.33. The lowest BCUT2D eigenvalue weighted by Gasteiger charge is -2.23. The van der Waals surface area contributed by atoms with E-state index < -0.39 is 0 Å². The molecular formula is C16H21N3. The van der Waals surface area contributed by atoms with Crippen LogP contribution in [0.5, 0.6) is 0 Å². The van der Waals surface area contributed by atoms with Gasteiger partial charge in [0.2, 0.25) is 0 Å². The van der Waals surface area contributed by atoms with Crippen LogP contribution in [-0.2, 0) is 19.4 Å². The third-order valence-electron chi connectivity index (χ3n) is 4.23. The monoisotopic (exact) mass is 255 g/mol. The van der Waals surface area contributed by atoms with Gasteiger partial charge in [-0.2, -0.15) is 5.10 Å². The van der Waals surface area contributed by atoms with Crippen LogP contribution in [0.25, 0.3) is 0 Å². The van der Waals surface area contributed by atoms with Crippen molar-refractivity contribution in [2.45, 2.75) is 32.4 Å². The molecule has 1 aromatic carbocycles. The van der Waals surface area contributed by atoms with Gasteiger partial charge in [-0.3, -0.25) is 4.68 Å². The molecule has 2 aromatic rings. The average Bonchev–Trinajstić information content (AvgIpc) is 3.05. The largest absolute Gasteiger partial charge is 0.311 e. The summed E-state index contributed by atoms with van der Waals surface area (Å²) >= 11 is 0. The van der Waals surface area contributed by atoms with Crippen LogP contribution in [0.15, 0.2) is 36.5 Å². The highest BCUT2D eigenvalue weighted by Gasteiger charge is 2.30. The molecule has 1 aliphatic carbocycles. The number of fused-ring (bicyclic) bond motifs is 1. The number of hydrogen-bond acceptors (Lipinski definition) is 2. The Hall–Kier alpha value is -1.61. The number of aryl methyl sites for hydroxylation is 1. The maximum Gasteiger partial charge on any atom is 0.0556 e. The zero-order chi connectivity index (χ0) is 13.2. The summed E-state index contributed by atoms with van der Waals surface area (Å²) in [5, 5.41) is 7.90. The van der Waals surface area contributed by atoms with Crippen molar-refractivity contribution in [2.24, 2.45) is 5.92 Å². The predicted molar refractivity (Wildman–Crippen MR) is 77.0 cm³/mol. The minimum absolute atomic E-state index is 0.384. The molecule has 0 spiro atoms. The lowest BCUT2D eigenvalue weighted by molar-refractivity contribution is 0.372. The van der Waals surface area contributed by atoms with Crippen molar-refractivity contribution in [3.63, 3.8) is 0 Å². The molecule has 100 valence electrons. The Morgan fingerprint density at radius 1 is 1.26 bits per heavy atom. The number of nitrogens with zero attached hydrogens (tertiary/aromatic N) is 2. The van der Waals surface area contributed by atoms with Gasteiger partial charge in [-0.05, 0) is 49.9 Å². The van der Waals surface area contributed by atoms with Gasteiger partial charge in [0.15, 0.2) is 0 Å². The van der Waals surface area contributed by atoms with Crippen LogP contribution in [0.1, 0.15) is 29.8 Å². The van der Waals surface area contributed by atoms with Crippen LogP contribution in [-0.4, -0.2) is 16.8 Å². The normalized spacial score (nSPS) is 16.5. The Morgan fingerprint density at radius 3 is 2.53 bits per heavy atom. The second-order valence-electron chi connectivity index (χ2n) is 5.28. The molecule has 0 bridgehead atoms. The molecule has 3 rings (SSSR count). The number of benzene rings is 1. The summed E-state index contributed by atoms with van der Waals surface area (Å²) in [6.45, 7) is 3.08. The molecule has 0 radical (unpaired) electrons. The molecule has 1 aliphatic rings. The molecule has 1 aromatic heterocycles. The Balaban J connectivity index is 1.86. The van der Waals surface area contributed by atoms with Gasteiger partial charge in [-0.25, -0.2) is 0 Å². The van der Waals surface area contributed by atoms with Crippen LogP contribution >= 0.6 is 0 Å². The smallest absolute Gasteiger partial charge is 0.0556 e. The van der Waals surface area contributed by atoms with Crippen molar-refractivity contribution in [1.29, 1.82) is 0 Å². The topological polar surface area (TPSA) is 29.9 Å². The Kier molecular flexibility index (Phi) is 3.38. The second-order valence-corrected chi connectivity index (χ2v) is 5.28. The summed E-state index contributed by atoms with van der Waals surface area (Å²) in [7, 11) is 2.06. The van der Waals surface area contributed by atoms with Gasteiger partial charge in [0, 0.05) is 12.7 Å². The van der Waals surface area contributed by atoms with Crippen LogP contribution < -0.4 is 5.32 Å². The maximum atomic E-state index is 4.40. The molecule has 1 atom stereocenters. The molecule has 0 amide bonds. The van der Waals surface area contributed by atoms with Crippen molar-refractivity contribution in [2.75, 3.05) is 7.05 Å². The Morgan fingerprint density at radius 2 is 1.95 bits per heavy atom. The van der Waals surface area contributed by atoms with Crippen molar-refractivity contribution in [3.8, 4) is 0 Å². The summed E-state index contributed by atoms with van der Waals surface area (Å²) in [4.78, 5) is 0. The maximum absolute atomic E-state index is 4.40. The molecule has 1 unspecified atom stereocenters. The zero-order valence-electron chi connectivity index (χ0n) is 11.6. The number of aromatic nitrogens is 2. The first kappa shape index (κ1) is 12.4. The van der Waals surface area contributed by atoms with E-state index in [-0.39, 0.29) is 0 Å². The summed E-state index contributed by atoms with van der Waals surface area (Å²) in [5.41, 5.74) is 4.33. The van der Waals surface area contributed by atoms with E-state index in [0.29, 0.717) is 12.0 Å². The summed E-state index contributed by atoms with van der Waals surface area (Å²) in [6.07, 6.45) is 4.23. The molecule has 3 heteroatoms. The molecule has 3 nitrogen and oxygen atoms in total. The van der Waals surface area contributed by atoms with Crippen molar-refractivity contribution < 1.29 is 0 Å². The van der Waals surface area contributed by atoms with E-state index in [0.717, 1.165) is 19.4 Å². The van der Waals surface area contributed by atoms with E-state index in [1.165, 1.54) is 16.8 Å². The van der Waals surface area contributed by atoms with Crippen molar-refractivity contribution >= 4 is 0 Å². The Bertz CT molecular complexity index is 534. The molecule has 0 fully saturated rings. The van der Waals surface area contributed by atoms with Gasteiger partial charge < -0.3 is 5.32 Å². The SMILES string of the molecule is CCn1nccc1C(NC)C1Cc2ccccc2C1. The molecule has 1 heterocycles. The third-order valence-corrected chi connectivity index (χ3v) is 4.23. The van der Waals surface area contributed by atoms with Crippen LogP contribution in [0.4, 0.5) is 0 Å². The van der Waals surface area contributed by atoms with Crippen LogP contribution in [0.3, 0.4) is 0 Å². The van der Waals surface area contributed by atoms with E-state index >= 15 is 0 Å². The van der Waals surface area contributed by atoms with E-state index in [2.05, 4.69) is 59.4 Å². The van der Waals surface area contributed by atoms with Crippen LogP contribution in [0.2, 0.25) is 0 Å². The lowest BCUT2D eigenvalue weighted by Crippen LogP contribution is -2.28. The zero-order valence-corrected chi connectivity index (χ0v) is 11.6. The highest BCUT2D eigenvalue weighted by molar-refractivity contribution is 5.33. The van der Waals surface area contributed by atoms with Gasteiger partial charge in [-0.15, -0.1) is 0 Å². The summed E-state index contributed by atoms with van der Waals surface area (Å²) < 4.78 is 2.10. The van der Waals surface area contributed by atoms with Gasteiger partial charge >= 0.3 is 0 Å². The first-order valence-corrected chi connectivity index (χ1v) is 7.09. The minimum atomic E-state index is 0.384. The van der Waals surface area contributed by atoms with Gasteiger partial charge in [-0.1, -0.05) is 24.3 Å². The number of hydrogen-bond donors (Lipinski definition) is 1. The number of rotatable bonds is 4. The second kappa shape index (κ2) is 5.17. The van der Waals surface area contributed by atoms with Gasteiger partial charge in [0.1, 0.15) is 0 Å². The predicted octanol–water partition coefficient (Wildman–Crippen LogP) is 2.58.